The summed E-state index contributed by atoms with van der Waals surface area (Å²) in [5.74, 6) is -0.264. The van der Waals surface area contributed by atoms with Crippen molar-refractivity contribution in [1.29, 1.82) is 0 Å². The molecule has 7 heteroatoms. The van der Waals surface area contributed by atoms with Crippen molar-refractivity contribution in [3.05, 3.63) is 46.1 Å². The van der Waals surface area contributed by atoms with Crippen molar-refractivity contribution in [3.8, 4) is 0 Å². The third-order valence-corrected chi connectivity index (χ3v) is 3.28. The fraction of sp³-hybridized carbons (Fsp3) is 0.286. The Morgan fingerprint density at radius 1 is 1.52 bits per heavy atom. The fourth-order valence-corrected chi connectivity index (χ4v) is 2.15. The maximum absolute atomic E-state index is 13.2. The normalized spacial score (nSPS) is 10.7. The number of imidazole rings is 1. The number of halogens is 2. The summed E-state index contributed by atoms with van der Waals surface area (Å²) in [5.41, 5.74) is 6.78. The Balaban J connectivity index is 2.32. The molecule has 1 aromatic carbocycles. The van der Waals surface area contributed by atoms with Crippen molar-refractivity contribution in [1.82, 2.24) is 9.55 Å². The number of nitrogen functional groups attached to an aromatic ring is 1. The average molecular weight is 312 g/mol. The van der Waals surface area contributed by atoms with E-state index in [-0.39, 0.29) is 23.1 Å². The summed E-state index contributed by atoms with van der Waals surface area (Å²) < 4.78 is 19.7. The fourth-order valence-electron chi connectivity index (χ4n) is 1.95. The van der Waals surface area contributed by atoms with Gasteiger partial charge in [-0.25, -0.2) is 14.2 Å². The molecule has 0 aliphatic heterocycles. The summed E-state index contributed by atoms with van der Waals surface area (Å²) in [6, 6.07) is 4.40. The highest BCUT2D eigenvalue weighted by atomic mass is 35.5. The van der Waals surface area contributed by atoms with Gasteiger partial charge in [-0.3, -0.25) is 0 Å². The lowest BCUT2D eigenvalue weighted by molar-refractivity contribution is 0.0521. The van der Waals surface area contributed by atoms with E-state index in [0.717, 1.165) is 5.56 Å². The van der Waals surface area contributed by atoms with E-state index in [9.17, 15) is 9.18 Å². The number of aryl methyl sites for hydroxylation is 1. The van der Waals surface area contributed by atoms with Crippen LogP contribution in [0.15, 0.2) is 18.2 Å². The summed E-state index contributed by atoms with van der Waals surface area (Å²) in [6.45, 7) is 4.02. The van der Waals surface area contributed by atoms with Gasteiger partial charge in [0.1, 0.15) is 17.5 Å². The van der Waals surface area contributed by atoms with Gasteiger partial charge in [0.05, 0.1) is 18.2 Å². The molecule has 0 radical (unpaired) electrons. The van der Waals surface area contributed by atoms with E-state index in [1.165, 1.54) is 12.1 Å². The zero-order valence-corrected chi connectivity index (χ0v) is 12.4. The minimum Gasteiger partial charge on any atom is -0.461 e. The Morgan fingerprint density at radius 3 is 2.86 bits per heavy atom. The number of ether oxygens (including phenoxy) is 1. The third-order valence-electron chi connectivity index (χ3n) is 2.99. The molecule has 0 unspecified atom stereocenters. The Bertz CT molecular complexity index is 685. The van der Waals surface area contributed by atoms with Crippen molar-refractivity contribution < 1.29 is 13.9 Å². The van der Waals surface area contributed by atoms with Gasteiger partial charge in [0.25, 0.3) is 0 Å². The van der Waals surface area contributed by atoms with E-state index >= 15 is 0 Å². The standard InChI is InChI=1S/C14H15ClFN3O2/c1-3-21-14(20)12-13(17)19(8(2)18-12)7-9-4-5-11(16)10(15)6-9/h4-6H,3,7,17H2,1-2H3. The lowest BCUT2D eigenvalue weighted by Gasteiger charge is -2.08. The highest BCUT2D eigenvalue weighted by molar-refractivity contribution is 6.30. The van der Waals surface area contributed by atoms with Crippen LogP contribution in [0.1, 0.15) is 28.8 Å². The van der Waals surface area contributed by atoms with Gasteiger partial charge in [-0.15, -0.1) is 0 Å². The second kappa shape index (κ2) is 6.13. The highest BCUT2D eigenvalue weighted by Crippen LogP contribution is 2.20. The average Bonchev–Trinajstić information content (AvgIpc) is 2.71. The molecule has 0 bridgehead atoms. The van der Waals surface area contributed by atoms with E-state index in [4.69, 9.17) is 22.1 Å². The predicted octanol–water partition coefficient (Wildman–Crippen LogP) is 2.79. The molecule has 1 aromatic heterocycles. The number of esters is 1. The minimum absolute atomic E-state index is 0.0365. The molecular weight excluding hydrogens is 297 g/mol. The molecule has 0 aliphatic rings. The molecule has 0 fully saturated rings. The van der Waals surface area contributed by atoms with Gasteiger partial charge in [-0.2, -0.15) is 0 Å². The van der Waals surface area contributed by atoms with Crippen molar-refractivity contribution in [2.45, 2.75) is 20.4 Å². The number of benzene rings is 1. The van der Waals surface area contributed by atoms with E-state index in [2.05, 4.69) is 4.98 Å². The SMILES string of the molecule is CCOC(=O)c1nc(C)n(Cc2ccc(F)c(Cl)c2)c1N. The molecule has 0 amide bonds. The van der Waals surface area contributed by atoms with Crippen LogP contribution in [0.4, 0.5) is 10.2 Å². The largest absolute Gasteiger partial charge is 0.461 e. The highest BCUT2D eigenvalue weighted by Gasteiger charge is 2.19. The maximum Gasteiger partial charge on any atom is 0.360 e. The Hall–Kier alpha value is -2.08. The topological polar surface area (TPSA) is 70.1 Å². The zero-order valence-electron chi connectivity index (χ0n) is 11.7. The van der Waals surface area contributed by atoms with Crippen LogP contribution in [0.2, 0.25) is 5.02 Å². The molecule has 2 aromatic rings. The first-order chi connectivity index (χ1) is 9.93. The van der Waals surface area contributed by atoms with Crippen molar-refractivity contribution >= 4 is 23.4 Å². The summed E-state index contributed by atoms with van der Waals surface area (Å²) >= 11 is 5.75. The summed E-state index contributed by atoms with van der Waals surface area (Å²) in [7, 11) is 0. The van der Waals surface area contributed by atoms with Gasteiger partial charge >= 0.3 is 5.97 Å². The minimum atomic E-state index is -0.561. The number of carbonyl (C=O) groups is 1. The predicted molar refractivity (Wildman–Crippen MR) is 77.8 cm³/mol. The lowest BCUT2D eigenvalue weighted by atomic mass is 10.2. The molecule has 2 rings (SSSR count). The van der Waals surface area contributed by atoms with E-state index in [1.54, 1.807) is 24.5 Å². The van der Waals surface area contributed by atoms with Crippen LogP contribution in [0.5, 0.6) is 0 Å². The molecule has 0 spiro atoms. The van der Waals surface area contributed by atoms with Crippen LogP contribution >= 0.6 is 11.6 Å². The van der Waals surface area contributed by atoms with Crippen LogP contribution in [0.3, 0.4) is 0 Å². The third kappa shape index (κ3) is 3.16. The Kier molecular flexibility index (Phi) is 4.47. The van der Waals surface area contributed by atoms with Crippen LogP contribution < -0.4 is 5.73 Å². The second-order valence-corrected chi connectivity index (χ2v) is 4.86. The Labute approximate surface area is 126 Å². The molecular formula is C14H15ClFN3O2. The number of hydrogen-bond acceptors (Lipinski definition) is 4. The van der Waals surface area contributed by atoms with Gasteiger partial charge in [-0.1, -0.05) is 17.7 Å². The summed E-state index contributed by atoms with van der Waals surface area (Å²) in [5, 5.41) is 0.0365. The summed E-state index contributed by atoms with van der Waals surface area (Å²) in [4.78, 5) is 15.9. The smallest absolute Gasteiger partial charge is 0.360 e. The summed E-state index contributed by atoms with van der Waals surface area (Å²) in [6.07, 6.45) is 0. The van der Waals surface area contributed by atoms with Crippen molar-refractivity contribution in [2.24, 2.45) is 0 Å². The molecule has 1 heterocycles. The number of nitrogens with zero attached hydrogens (tertiary/aromatic N) is 2. The number of carbonyl (C=O) groups excluding carboxylic acids is 1. The van der Waals surface area contributed by atoms with E-state index < -0.39 is 11.8 Å². The zero-order chi connectivity index (χ0) is 15.6. The van der Waals surface area contributed by atoms with Crippen LogP contribution in [-0.4, -0.2) is 22.1 Å². The van der Waals surface area contributed by atoms with Crippen LogP contribution in [0.25, 0.3) is 0 Å². The second-order valence-electron chi connectivity index (χ2n) is 4.45. The lowest BCUT2D eigenvalue weighted by Crippen LogP contribution is -2.10. The number of aromatic nitrogens is 2. The molecule has 0 saturated heterocycles. The molecule has 5 nitrogen and oxygen atoms in total. The van der Waals surface area contributed by atoms with Gasteiger partial charge < -0.3 is 15.0 Å². The first-order valence-electron chi connectivity index (χ1n) is 6.37. The number of anilines is 1. The first-order valence-corrected chi connectivity index (χ1v) is 6.75. The molecule has 0 saturated carbocycles. The van der Waals surface area contributed by atoms with Crippen molar-refractivity contribution in [3.63, 3.8) is 0 Å². The quantitative estimate of drug-likeness (QED) is 0.881. The molecule has 21 heavy (non-hydrogen) atoms. The molecule has 112 valence electrons. The van der Waals surface area contributed by atoms with Gasteiger partial charge in [0.15, 0.2) is 5.69 Å². The van der Waals surface area contributed by atoms with Gasteiger partial charge in [-0.05, 0) is 31.5 Å². The van der Waals surface area contributed by atoms with E-state index in [1.807, 2.05) is 0 Å². The molecule has 0 atom stereocenters. The van der Waals surface area contributed by atoms with E-state index in [0.29, 0.717) is 12.4 Å². The van der Waals surface area contributed by atoms with Gasteiger partial charge in [0, 0.05) is 0 Å². The van der Waals surface area contributed by atoms with Crippen LogP contribution in [-0.2, 0) is 11.3 Å². The van der Waals surface area contributed by atoms with Crippen molar-refractivity contribution in [2.75, 3.05) is 12.3 Å². The van der Waals surface area contributed by atoms with Gasteiger partial charge in [0.2, 0.25) is 0 Å². The maximum atomic E-state index is 13.2. The monoisotopic (exact) mass is 311 g/mol. The first kappa shape index (κ1) is 15.3. The molecule has 0 aliphatic carbocycles. The number of nitrogens with two attached hydrogens (primary N) is 1. The number of rotatable bonds is 4. The van der Waals surface area contributed by atoms with Crippen LogP contribution in [0, 0.1) is 12.7 Å². The number of hydrogen-bond donors (Lipinski definition) is 1. The molecule has 2 N–H and O–H groups in total. The Morgan fingerprint density at radius 2 is 2.24 bits per heavy atom.